The average molecular weight is 221 g/mol. The van der Waals surface area contributed by atoms with Gasteiger partial charge < -0.3 is 5.11 Å². The topological polar surface area (TPSA) is 98.3 Å². The van der Waals surface area contributed by atoms with Crippen LogP contribution in [0, 0.1) is 17.0 Å². The summed E-state index contributed by atoms with van der Waals surface area (Å²) in [6, 6.07) is 2.88. The fourth-order valence-corrected chi connectivity index (χ4v) is 1.48. The molecule has 1 N–H and O–H groups in total. The lowest BCUT2D eigenvalue weighted by Gasteiger charge is -1.94. The minimum absolute atomic E-state index is 0.145. The Morgan fingerprint density at radius 1 is 1.56 bits per heavy atom. The predicted octanol–water partition coefficient (Wildman–Crippen LogP) is 1.78. The molecule has 7 heteroatoms. The second-order valence-electron chi connectivity index (χ2n) is 3.28. The second-order valence-corrected chi connectivity index (χ2v) is 3.28. The van der Waals surface area contributed by atoms with E-state index in [0.29, 0.717) is 15.8 Å². The summed E-state index contributed by atoms with van der Waals surface area (Å²) in [4.78, 5) is 20.9. The van der Waals surface area contributed by atoms with Crippen molar-refractivity contribution in [3.8, 4) is 0 Å². The Morgan fingerprint density at radius 2 is 2.25 bits per heavy atom. The van der Waals surface area contributed by atoms with Crippen LogP contribution in [-0.2, 0) is 0 Å². The summed E-state index contributed by atoms with van der Waals surface area (Å²) in [5.41, 5.74) is 0.880. The number of nitro groups is 1. The van der Waals surface area contributed by atoms with E-state index in [-0.39, 0.29) is 11.1 Å². The molecule has 0 unspecified atom stereocenters. The maximum absolute atomic E-state index is 10.7. The lowest BCUT2D eigenvalue weighted by Crippen LogP contribution is -2.07. The van der Waals surface area contributed by atoms with Crippen molar-refractivity contribution in [2.45, 2.75) is 6.92 Å². The maximum Gasteiger partial charge on any atom is 0.432 e. The molecular weight excluding hydrogens is 214 g/mol. The minimum Gasteiger partial charge on any atom is -0.463 e. The van der Waals surface area contributed by atoms with Crippen molar-refractivity contribution in [3.05, 3.63) is 34.0 Å². The fraction of sp³-hybridized carbons (Fsp3) is 0.111. The van der Waals surface area contributed by atoms with Gasteiger partial charge in [-0.25, -0.2) is 4.79 Å². The number of hydrogen-bond donors (Lipinski definition) is 1. The molecule has 0 bridgehead atoms. The van der Waals surface area contributed by atoms with Crippen LogP contribution in [0.15, 0.2) is 18.3 Å². The SMILES string of the molecule is Cc1ccc([N+](=O)[O-])c2cn(C(=O)O)nc12. The van der Waals surface area contributed by atoms with Gasteiger partial charge in [0.15, 0.2) is 0 Å². The molecule has 2 rings (SSSR count). The molecule has 0 saturated heterocycles. The summed E-state index contributed by atoms with van der Waals surface area (Å²) in [6.07, 6.45) is -0.132. The van der Waals surface area contributed by atoms with Gasteiger partial charge in [0, 0.05) is 6.07 Å². The summed E-state index contributed by atoms with van der Waals surface area (Å²) < 4.78 is 0.671. The Balaban J connectivity index is 2.82. The van der Waals surface area contributed by atoms with E-state index in [2.05, 4.69) is 5.10 Å². The standard InChI is InChI=1S/C9H7N3O4/c1-5-2-3-7(12(15)16)6-4-11(9(13)14)10-8(5)6/h2-4H,1H3,(H,13,14). The van der Waals surface area contributed by atoms with Gasteiger partial charge in [0.05, 0.1) is 16.5 Å². The van der Waals surface area contributed by atoms with E-state index in [4.69, 9.17) is 5.11 Å². The molecule has 2 aromatic rings. The fourth-order valence-electron chi connectivity index (χ4n) is 1.48. The third-order valence-corrected chi connectivity index (χ3v) is 2.25. The lowest BCUT2D eigenvalue weighted by atomic mass is 10.1. The number of carbonyl (C=O) groups is 1. The van der Waals surface area contributed by atoms with Crippen LogP contribution in [0.3, 0.4) is 0 Å². The molecule has 0 atom stereocenters. The molecule has 0 radical (unpaired) electrons. The Hall–Kier alpha value is -2.44. The smallest absolute Gasteiger partial charge is 0.432 e. The van der Waals surface area contributed by atoms with E-state index < -0.39 is 11.0 Å². The quantitative estimate of drug-likeness (QED) is 0.584. The van der Waals surface area contributed by atoms with Crippen LogP contribution >= 0.6 is 0 Å². The molecule has 82 valence electrons. The third-order valence-electron chi connectivity index (χ3n) is 2.25. The van der Waals surface area contributed by atoms with E-state index in [9.17, 15) is 14.9 Å². The average Bonchev–Trinajstić information content (AvgIpc) is 2.62. The molecule has 0 saturated carbocycles. The number of carboxylic acid groups (broad SMARTS) is 1. The highest BCUT2D eigenvalue weighted by atomic mass is 16.6. The van der Waals surface area contributed by atoms with Crippen LogP contribution in [0.4, 0.5) is 10.5 Å². The zero-order valence-electron chi connectivity index (χ0n) is 8.25. The number of nitro benzene ring substituents is 1. The van der Waals surface area contributed by atoms with Gasteiger partial charge in [-0.05, 0) is 12.5 Å². The number of non-ortho nitro benzene ring substituents is 1. The Morgan fingerprint density at radius 3 is 2.81 bits per heavy atom. The predicted molar refractivity (Wildman–Crippen MR) is 54.5 cm³/mol. The largest absolute Gasteiger partial charge is 0.463 e. The highest BCUT2D eigenvalue weighted by Gasteiger charge is 2.17. The van der Waals surface area contributed by atoms with Gasteiger partial charge in [0.2, 0.25) is 0 Å². The molecule has 1 aromatic heterocycles. The molecule has 0 spiro atoms. The molecule has 0 amide bonds. The van der Waals surface area contributed by atoms with Crippen LogP contribution in [0.25, 0.3) is 10.9 Å². The Kier molecular flexibility index (Phi) is 2.08. The number of aromatic nitrogens is 2. The molecule has 0 aliphatic heterocycles. The van der Waals surface area contributed by atoms with Gasteiger partial charge in [0.1, 0.15) is 5.52 Å². The molecule has 1 aromatic carbocycles. The summed E-state index contributed by atoms with van der Waals surface area (Å²) in [5, 5.41) is 23.5. The molecule has 7 nitrogen and oxygen atoms in total. The lowest BCUT2D eigenvalue weighted by molar-refractivity contribution is -0.383. The molecular formula is C9H7N3O4. The molecule has 16 heavy (non-hydrogen) atoms. The molecule has 0 fully saturated rings. The third kappa shape index (κ3) is 1.38. The van der Waals surface area contributed by atoms with E-state index in [0.717, 1.165) is 6.20 Å². The number of aryl methyl sites for hydroxylation is 1. The monoisotopic (exact) mass is 221 g/mol. The van der Waals surface area contributed by atoms with Crippen molar-refractivity contribution < 1.29 is 14.8 Å². The van der Waals surface area contributed by atoms with Gasteiger partial charge in [-0.1, -0.05) is 6.07 Å². The van der Waals surface area contributed by atoms with E-state index >= 15 is 0 Å². The Bertz CT molecular complexity index is 602. The molecule has 0 aliphatic carbocycles. The molecule has 0 aliphatic rings. The van der Waals surface area contributed by atoms with E-state index in [1.54, 1.807) is 13.0 Å². The number of hydrogen-bond acceptors (Lipinski definition) is 4. The van der Waals surface area contributed by atoms with Crippen LogP contribution < -0.4 is 0 Å². The summed E-state index contributed by atoms with van der Waals surface area (Å²) in [7, 11) is 0. The van der Waals surface area contributed by atoms with Crippen molar-refractivity contribution >= 4 is 22.7 Å². The summed E-state index contributed by atoms with van der Waals surface area (Å²) >= 11 is 0. The van der Waals surface area contributed by atoms with Gasteiger partial charge >= 0.3 is 6.09 Å². The van der Waals surface area contributed by atoms with Crippen LogP contribution in [0.2, 0.25) is 0 Å². The minimum atomic E-state index is -1.27. The first kappa shape index (κ1) is 10.1. The van der Waals surface area contributed by atoms with Crippen LogP contribution in [0.5, 0.6) is 0 Å². The van der Waals surface area contributed by atoms with Gasteiger partial charge in [-0.3, -0.25) is 10.1 Å². The number of nitrogens with zero attached hydrogens (tertiary/aromatic N) is 3. The van der Waals surface area contributed by atoms with Crippen molar-refractivity contribution in [2.75, 3.05) is 0 Å². The zero-order chi connectivity index (χ0) is 11.9. The van der Waals surface area contributed by atoms with Crippen molar-refractivity contribution in [1.29, 1.82) is 0 Å². The number of fused-ring (bicyclic) bond motifs is 1. The first-order valence-electron chi connectivity index (χ1n) is 4.37. The first-order chi connectivity index (χ1) is 7.50. The van der Waals surface area contributed by atoms with Gasteiger partial charge in [-0.2, -0.15) is 9.78 Å². The second kappa shape index (κ2) is 3.30. The van der Waals surface area contributed by atoms with E-state index in [1.165, 1.54) is 6.07 Å². The maximum atomic E-state index is 10.7. The van der Waals surface area contributed by atoms with Crippen LogP contribution in [0.1, 0.15) is 5.56 Å². The zero-order valence-corrected chi connectivity index (χ0v) is 8.25. The molecule has 1 heterocycles. The normalized spacial score (nSPS) is 10.6. The van der Waals surface area contributed by atoms with E-state index in [1.807, 2.05) is 0 Å². The van der Waals surface area contributed by atoms with Gasteiger partial charge in [0.25, 0.3) is 5.69 Å². The highest BCUT2D eigenvalue weighted by molar-refractivity contribution is 5.91. The van der Waals surface area contributed by atoms with Crippen molar-refractivity contribution in [3.63, 3.8) is 0 Å². The first-order valence-corrected chi connectivity index (χ1v) is 4.37. The number of rotatable bonds is 1. The summed E-state index contributed by atoms with van der Waals surface area (Å²) in [5.74, 6) is 0. The highest BCUT2D eigenvalue weighted by Crippen LogP contribution is 2.26. The van der Waals surface area contributed by atoms with Crippen LogP contribution in [-0.4, -0.2) is 25.9 Å². The Labute approximate surface area is 89.1 Å². The number of benzene rings is 1. The van der Waals surface area contributed by atoms with Crippen molar-refractivity contribution in [1.82, 2.24) is 9.78 Å². The van der Waals surface area contributed by atoms with Crippen molar-refractivity contribution in [2.24, 2.45) is 0 Å². The summed E-state index contributed by atoms with van der Waals surface area (Å²) in [6.45, 7) is 1.71. The van der Waals surface area contributed by atoms with Gasteiger partial charge in [-0.15, -0.1) is 0 Å².